The number of aliphatic hydroxyl groups excluding tert-OH is 1. The summed E-state index contributed by atoms with van der Waals surface area (Å²) in [6.07, 6.45) is -4.44. The second-order valence-electron chi connectivity index (χ2n) is 8.33. The first-order chi connectivity index (χ1) is 15.7. The van der Waals surface area contributed by atoms with Gasteiger partial charge in [0.25, 0.3) is 0 Å². The maximum Gasteiger partial charge on any atom is 0.416 e. The number of piperazine rings is 1. The number of aromatic nitrogens is 1. The van der Waals surface area contributed by atoms with Crippen molar-refractivity contribution in [1.29, 1.82) is 0 Å². The molecule has 180 valence electrons. The lowest BCUT2D eigenvalue weighted by molar-refractivity contribution is -0.137. The van der Waals surface area contributed by atoms with Crippen molar-refractivity contribution in [1.82, 2.24) is 19.7 Å². The van der Waals surface area contributed by atoms with Crippen LogP contribution in [0.15, 0.2) is 24.3 Å². The molecule has 1 aromatic heterocycles. The SMILES string of the molecule is O=C(N1CCC(F)CC1)N1CCN(Cc2nc(-c3ccc(C(F)(F)F)cc3)sc2CO)CC1. The van der Waals surface area contributed by atoms with Gasteiger partial charge in [0, 0.05) is 51.4 Å². The van der Waals surface area contributed by atoms with Crippen molar-refractivity contribution < 1.29 is 27.5 Å². The number of benzene rings is 1. The van der Waals surface area contributed by atoms with Crippen molar-refractivity contribution in [3.05, 3.63) is 40.4 Å². The van der Waals surface area contributed by atoms with E-state index in [1.165, 1.54) is 23.5 Å². The van der Waals surface area contributed by atoms with E-state index < -0.39 is 17.9 Å². The Morgan fingerprint density at radius 1 is 1.03 bits per heavy atom. The average Bonchev–Trinajstić information content (AvgIpc) is 3.22. The molecule has 11 heteroatoms. The van der Waals surface area contributed by atoms with Crippen LogP contribution in [0.3, 0.4) is 0 Å². The third kappa shape index (κ3) is 5.64. The highest BCUT2D eigenvalue weighted by molar-refractivity contribution is 7.15. The van der Waals surface area contributed by atoms with Crippen molar-refractivity contribution in [2.75, 3.05) is 39.3 Å². The molecule has 3 heterocycles. The standard InChI is InChI=1S/C22H26F4N4O2S/c23-17-5-7-29(8-6-17)21(32)30-11-9-28(10-12-30)13-18-19(14-31)33-20(27-18)15-1-3-16(4-2-15)22(24,25)26/h1-4,17,31H,5-14H2. The van der Waals surface area contributed by atoms with Crippen LogP contribution in [-0.2, 0) is 19.3 Å². The van der Waals surface area contributed by atoms with Gasteiger partial charge in [-0.15, -0.1) is 11.3 Å². The molecule has 2 aromatic rings. The van der Waals surface area contributed by atoms with Crippen LogP contribution in [0.4, 0.5) is 22.4 Å². The van der Waals surface area contributed by atoms with E-state index in [-0.39, 0.29) is 12.6 Å². The quantitative estimate of drug-likeness (QED) is 0.664. The fourth-order valence-corrected chi connectivity index (χ4v) is 5.04. The van der Waals surface area contributed by atoms with Crippen molar-refractivity contribution in [3.63, 3.8) is 0 Å². The number of piperidine rings is 1. The molecule has 2 aliphatic rings. The Hall–Kier alpha value is -2.24. The number of urea groups is 1. The topological polar surface area (TPSA) is 59.9 Å². The number of alkyl halides is 4. The molecule has 0 spiro atoms. The molecular weight excluding hydrogens is 460 g/mol. The predicted molar refractivity (Wildman–Crippen MR) is 116 cm³/mol. The molecule has 2 fully saturated rings. The number of thiazole rings is 1. The van der Waals surface area contributed by atoms with Crippen LogP contribution in [0.2, 0.25) is 0 Å². The number of rotatable bonds is 4. The number of halogens is 4. The fourth-order valence-electron chi connectivity index (χ4n) is 4.10. The molecule has 0 unspecified atom stereocenters. The van der Waals surface area contributed by atoms with Crippen LogP contribution < -0.4 is 0 Å². The van der Waals surface area contributed by atoms with E-state index in [9.17, 15) is 27.5 Å². The van der Waals surface area contributed by atoms with Gasteiger partial charge in [-0.3, -0.25) is 4.90 Å². The highest BCUT2D eigenvalue weighted by Crippen LogP contribution is 2.33. The van der Waals surface area contributed by atoms with E-state index in [4.69, 9.17) is 0 Å². The molecule has 33 heavy (non-hydrogen) atoms. The van der Waals surface area contributed by atoms with Gasteiger partial charge in [0.05, 0.1) is 22.7 Å². The Morgan fingerprint density at radius 2 is 1.64 bits per heavy atom. The molecule has 0 saturated carbocycles. The lowest BCUT2D eigenvalue weighted by atomic mass is 10.1. The van der Waals surface area contributed by atoms with Gasteiger partial charge in [-0.2, -0.15) is 13.2 Å². The van der Waals surface area contributed by atoms with Crippen molar-refractivity contribution >= 4 is 17.4 Å². The number of nitrogens with zero attached hydrogens (tertiary/aromatic N) is 4. The summed E-state index contributed by atoms with van der Waals surface area (Å²) >= 11 is 1.27. The molecule has 0 aliphatic carbocycles. The summed E-state index contributed by atoms with van der Waals surface area (Å²) in [5.74, 6) is 0. The first kappa shape index (κ1) is 23.9. The van der Waals surface area contributed by atoms with Crippen LogP contribution in [0, 0.1) is 0 Å². The van der Waals surface area contributed by atoms with E-state index in [2.05, 4.69) is 9.88 Å². The smallest absolute Gasteiger partial charge is 0.391 e. The van der Waals surface area contributed by atoms with Crippen LogP contribution in [0.1, 0.15) is 29.0 Å². The fraction of sp³-hybridized carbons (Fsp3) is 0.545. The largest absolute Gasteiger partial charge is 0.416 e. The molecule has 2 aliphatic heterocycles. The summed E-state index contributed by atoms with van der Waals surface area (Å²) in [5.41, 5.74) is 0.551. The van der Waals surface area contributed by atoms with Gasteiger partial charge in [-0.25, -0.2) is 14.2 Å². The van der Waals surface area contributed by atoms with Gasteiger partial charge < -0.3 is 14.9 Å². The lowest BCUT2D eigenvalue weighted by Crippen LogP contribution is -2.54. The number of amides is 2. The van der Waals surface area contributed by atoms with E-state index >= 15 is 0 Å². The van der Waals surface area contributed by atoms with E-state index in [0.717, 1.165) is 12.1 Å². The third-order valence-electron chi connectivity index (χ3n) is 6.09. The Bertz CT molecular complexity index is 950. The summed E-state index contributed by atoms with van der Waals surface area (Å²) in [7, 11) is 0. The Morgan fingerprint density at radius 3 is 2.21 bits per heavy atom. The molecule has 0 bridgehead atoms. The average molecular weight is 487 g/mol. The van der Waals surface area contributed by atoms with Crippen LogP contribution in [-0.4, -0.2) is 76.3 Å². The number of aliphatic hydroxyl groups is 1. The highest BCUT2D eigenvalue weighted by atomic mass is 32.1. The maximum absolute atomic E-state index is 13.3. The van der Waals surface area contributed by atoms with Crippen molar-refractivity contribution in [3.8, 4) is 10.6 Å². The number of carbonyl (C=O) groups excluding carboxylic acids is 1. The minimum absolute atomic E-state index is 0.0455. The van der Waals surface area contributed by atoms with E-state index in [1.807, 2.05) is 0 Å². The van der Waals surface area contributed by atoms with Gasteiger partial charge in [0.15, 0.2) is 0 Å². The van der Waals surface area contributed by atoms with Crippen molar-refractivity contribution in [2.24, 2.45) is 0 Å². The van der Waals surface area contributed by atoms with Gasteiger partial charge in [0.2, 0.25) is 0 Å². The Balaban J connectivity index is 1.36. The van der Waals surface area contributed by atoms with Gasteiger partial charge in [-0.05, 0) is 25.0 Å². The zero-order chi connectivity index (χ0) is 23.6. The number of hydrogen-bond donors (Lipinski definition) is 1. The summed E-state index contributed by atoms with van der Waals surface area (Å²) in [4.78, 5) is 23.6. The molecule has 1 N–H and O–H groups in total. The zero-order valence-corrected chi connectivity index (χ0v) is 18.8. The molecule has 0 atom stereocenters. The second-order valence-corrected chi connectivity index (χ2v) is 9.41. The summed E-state index contributed by atoms with van der Waals surface area (Å²) in [6.45, 7) is 3.58. The normalized spacial score (nSPS) is 18.7. The first-order valence-electron chi connectivity index (χ1n) is 10.9. The molecule has 1 aromatic carbocycles. The Labute approximate surface area is 193 Å². The molecule has 2 amide bonds. The van der Waals surface area contributed by atoms with Gasteiger partial charge in [0.1, 0.15) is 11.2 Å². The van der Waals surface area contributed by atoms with E-state index in [0.29, 0.717) is 79.8 Å². The second kappa shape index (κ2) is 9.94. The van der Waals surface area contributed by atoms with Crippen LogP contribution >= 0.6 is 11.3 Å². The number of carbonyl (C=O) groups is 1. The molecular formula is C22H26F4N4O2S. The molecule has 6 nitrogen and oxygen atoms in total. The van der Waals surface area contributed by atoms with Crippen LogP contribution in [0.25, 0.3) is 10.6 Å². The van der Waals surface area contributed by atoms with Crippen molar-refractivity contribution in [2.45, 2.75) is 38.3 Å². The van der Waals surface area contributed by atoms with Gasteiger partial charge >= 0.3 is 12.2 Å². The van der Waals surface area contributed by atoms with E-state index in [1.54, 1.807) is 9.80 Å². The summed E-state index contributed by atoms with van der Waals surface area (Å²) in [6, 6.07) is 4.80. The first-order valence-corrected chi connectivity index (χ1v) is 11.7. The minimum atomic E-state index is -4.39. The molecule has 0 radical (unpaired) electrons. The lowest BCUT2D eigenvalue weighted by Gasteiger charge is -2.38. The summed E-state index contributed by atoms with van der Waals surface area (Å²) in [5, 5.41) is 10.3. The number of likely N-dealkylation sites (tertiary alicyclic amines) is 1. The molecule has 4 rings (SSSR count). The summed E-state index contributed by atoms with van der Waals surface area (Å²) < 4.78 is 51.8. The number of hydrogen-bond acceptors (Lipinski definition) is 5. The zero-order valence-electron chi connectivity index (χ0n) is 18.0. The maximum atomic E-state index is 13.3. The van der Waals surface area contributed by atoms with Crippen LogP contribution in [0.5, 0.6) is 0 Å². The van der Waals surface area contributed by atoms with Gasteiger partial charge in [-0.1, -0.05) is 12.1 Å². The predicted octanol–water partition coefficient (Wildman–Crippen LogP) is 3.99. The molecule has 2 saturated heterocycles. The Kier molecular flexibility index (Phi) is 7.20. The minimum Gasteiger partial charge on any atom is -0.391 e. The highest BCUT2D eigenvalue weighted by Gasteiger charge is 2.31. The third-order valence-corrected chi connectivity index (χ3v) is 7.22. The monoisotopic (exact) mass is 486 g/mol.